The minimum absolute atomic E-state index is 1.60. The summed E-state index contributed by atoms with van der Waals surface area (Å²) in [5.41, 5.74) is 0. The summed E-state index contributed by atoms with van der Waals surface area (Å²) in [5, 5.41) is 0. The van der Waals surface area contributed by atoms with Crippen LogP contribution in [0, 0.1) is 0 Å². The van der Waals surface area contributed by atoms with E-state index in [1.165, 1.54) is 0 Å². The Labute approximate surface area is 121 Å². The van der Waals surface area contributed by atoms with E-state index in [2.05, 4.69) is 8.67 Å². The van der Waals surface area contributed by atoms with Crippen molar-refractivity contribution in [3.8, 4) is 0 Å². The molecule has 0 N–H and O–H groups in total. The third kappa shape index (κ3) is 12.3. The van der Waals surface area contributed by atoms with Gasteiger partial charge in [-0.25, -0.2) is 0 Å². The molecule has 0 aromatic heterocycles. The van der Waals surface area contributed by atoms with Gasteiger partial charge in [-0.1, -0.05) is 0 Å². The molecule has 0 saturated heterocycles. The third-order valence-corrected chi connectivity index (χ3v) is 7.76. The topological polar surface area (TPSA) is 105 Å². The molecular formula is C8H24O8P2S2. The van der Waals surface area contributed by atoms with E-state index < -0.39 is 34.5 Å². The van der Waals surface area contributed by atoms with Gasteiger partial charge in [-0.15, -0.1) is 0 Å². The SMILES string of the molecule is CP(C)(C)(C)OS(=O)(=O)OOS(=O)(=O)OP(C)(C)(C)C. The molecule has 0 saturated carbocycles. The predicted molar refractivity (Wildman–Crippen MR) is 83.4 cm³/mol. The van der Waals surface area contributed by atoms with Crippen LogP contribution in [0.4, 0.5) is 0 Å². The van der Waals surface area contributed by atoms with E-state index in [1.54, 1.807) is 53.3 Å². The summed E-state index contributed by atoms with van der Waals surface area (Å²) in [5.74, 6) is 0. The molecular weight excluding hydrogens is 350 g/mol. The molecule has 0 fully saturated rings. The Morgan fingerprint density at radius 1 is 0.550 bits per heavy atom. The van der Waals surface area contributed by atoms with Crippen LogP contribution < -0.4 is 0 Å². The predicted octanol–water partition coefficient (Wildman–Crippen LogP) is 1.43. The van der Waals surface area contributed by atoms with Crippen LogP contribution in [0.15, 0.2) is 0 Å². The van der Waals surface area contributed by atoms with Gasteiger partial charge in [0.05, 0.1) is 0 Å². The Bertz CT molecular complexity index is 503. The molecule has 0 atom stereocenters. The van der Waals surface area contributed by atoms with Crippen LogP contribution in [-0.2, 0) is 37.4 Å². The molecule has 0 amide bonds. The molecule has 0 radical (unpaired) electrons. The molecule has 8 nitrogen and oxygen atoms in total. The van der Waals surface area contributed by atoms with Gasteiger partial charge in [0.1, 0.15) is 0 Å². The Kier molecular flexibility index (Phi) is 5.21. The fourth-order valence-corrected chi connectivity index (χ4v) is 7.41. The van der Waals surface area contributed by atoms with E-state index in [0.717, 1.165) is 0 Å². The summed E-state index contributed by atoms with van der Waals surface area (Å²) in [6.45, 7) is 6.91. The average molecular weight is 374 g/mol. The van der Waals surface area contributed by atoms with Crippen molar-refractivity contribution in [2.75, 3.05) is 53.3 Å². The molecule has 0 spiro atoms. The molecule has 0 bridgehead atoms. The molecule has 0 aliphatic heterocycles. The molecule has 0 rings (SSSR count). The van der Waals surface area contributed by atoms with E-state index in [-0.39, 0.29) is 0 Å². The molecule has 0 unspecified atom stereocenters. The summed E-state index contributed by atoms with van der Waals surface area (Å²) < 4.78 is 63.4. The van der Waals surface area contributed by atoms with Crippen LogP contribution >= 0.6 is 13.7 Å². The summed E-state index contributed by atoms with van der Waals surface area (Å²) >= 11 is 0. The van der Waals surface area contributed by atoms with Crippen LogP contribution in [0.2, 0.25) is 0 Å². The average Bonchev–Trinajstić information content (AvgIpc) is 1.87. The van der Waals surface area contributed by atoms with E-state index >= 15 is 0 Å². The molecule has 12 heteroatoms. The molecule has 126 valence electrons. The Morgan fingerprint density at radius 2 is 0.750 bits per heavy atom. The van der Waals surface area contributed by atoms with Crippen molar-refractivity contribution in [3.05, 3.63) is 0 Å². The third-order valence-electron chi connectivity index (χ3n) is 0.973. The standard InChI is InChI=1S/C8H24O8P2S2/c1-17(2,3,4)15-19(9,10)13-14-20(11,12)16-18(5,6,7)8/h1-8H3. The van der Waals surface area contributed by atoms with Gasteiger partial charge < -0.3 is 0 Å². The number of rotatable bonds is 7. The maximum absolute atomic E-state index is 11.5. The van der Waals surface area contributed by atoms with Crippen LogP contribution in [-0.4, -0.2) is 70.2 Å². The van der Waals surface area contributed by atoms with E-state index in [0.29, 0.717) is 0 Å². The van der Waals surface area contributed by atoms with Crippen LogP contribution in [0.1, 0.15) is 0 Å². The molecule has 0 aliphatic carbocycles. The second kappa shape index (κ2) is 5.06. The first-order chi connectivity index (χ1) is 8.12. The van der Waals surface area contributed by atoms with Crippen LogP contribution in [0.5, 0.6) is 0 Å². The fraction of sp³-hybridized carbons (Fsp3) is 1.00. The zero-order valence-electron chi connectivity index (χ0n) is 13.0. The number of hydrogen-bond donors (Lipinski definition) is 0. The quantitative estimate of drug-likeness (QED) is 0.374. The van der Waals surface area contributed by atoms with Gasteiger partial charge in [-0.2, -0.15) is 0 Å². The van der Waals surface area contributed by atoms with E-state index in [1.807, 2.05) is 0 Å². The summed E-state index contributed by atoms with van der Waals surface area (Å²) in [6.07, 6.45) is 0. The molecule has 0 heterocycles. The summed E-state index contributed by atoms with van der Waals surface area (Å²) in [6, 6.07) is 0. The van der Waals surface area contributed by atoms with Gasteiger partial charge in [0.2, 0.25) is 0 Å². The monoisotopic (exact) mass is 374 g/mol. The molecule has 0 aromatic rings. The van der Waals surface area contributed by atoms with Crippen molar-refractivity contribution in [3.63, 3.8) is 0 Å². The molecule has 0 aromatic carbocycles. The second-order valence-electron chi connectivity index (χ2n) is 7.93. The summed E-state index contributed by atoms with van der Waals surface area (Å²) in [4.78, 5) is 0. The van der Waals surface area contributed by atoms with E-state index in [9.17, 15) is 16.8 Å². The van der Waals surface area contributed by atoms with Crippen molar-refractivity contribution in [2.45, 2.75) is 0 Å². The molecule has 0 aliphatic rings. The van der Waals surface area contributed by atoms with Crippen molar-refractivity contribution < 1.29 is 33.4 Å². The van der Waals surface area contributed by atoms with Gasteiger partial charge in [0, 0.05) is 0 Å². The normalized spacial score (nSPS) is 18.8. The van der Waals surface area contributed by atoms with Gasteiger partial charge in [-0.3, -0.25) is 0 Å². The van der Waals surface area contributed by atoms with Gasteiger partial charge >= 0.3 is 121 Å². The van der Waals surface area contributed by atoms with Crippen molar-refractivity contribution >= 4 is 34.5 Å². The Balaban J connectivity index is 4.89. The van der Waals surface area contributed by atoms with Gasteiger partial charge in [0.15, 0.2) is 0 Å². The molecule has 20 heavy (non-hydrogen) atoms. The van der Waals surface area contributed by atoms with E-state index in [4.69, 9.17) is 7.94 Å². The van der Waals surface area contributed by atoms with Crippen LogP contribution in [0.3, 0.4) is 0 Å². The minimum atomic E-state index is -4.62. The summed E-state index contributed by atoms with van der Waals surface area (Å²) in [7, 11) is -9.23. The van der Waals surface area contributed by atoms with Gasteiger partial charge in [-0.05, 0) is 0 Å². The zero-order valence-corrected chi connectivity index (χ0v) is 16.4. The zero-order chi connectivity index (χ0) is 16.7. The first-order valence-electron chi connectivity index (χ1n) is 5.44. The second-order valence-corrected chi connectivity index (χ2v) is 24.7. The Hall–Kier alpha value is 0.600. The first kappa shape index (κ1) is 20.6. The van der Waals surface area contributed by atoms with Crippen molar-refractivity contribution in [1.82, 2.24) is 0 Å². The number of hydrogen-bond acceptors (Lipinski definition) is 8. The first-order valence-corrected chi connectivity index (χ1v) is 16.0. The fourth-order valence-electron chi connectivity index (χ4n) is 0.823. The maximum atomic E-state index is 11.5. The van der Waals surface area contributed by atoms with Crippen molar-refractivity contribution in [1.29, 1.82) is 0 Å². The van der Waals surface area contributed by atoms with Crippen molar-refractivity contribution in [2.24, 2.45) is 0 Å². The van der Waals surface area contributed by atoms with Gasteiger partial charge in [0.25, 0.3) is 0 Å². The Morgan fingerprint density at radius 3 is 0.900 bits per heavy atom. The van der Waals surface area contributed by atoms with Crippen LogP contribution in [0.25, 0.3) is 0 Å².